The first kappa shape index (κ1) is 17.8. The second-order valence-electron chi connectivity index (χ2n) is 6.59. The Morgan fingerprint density at radius 1 is 0.857 bits per heavy atom. The molecule has 0 unspecified atom stereocenters. The number of benzene rings is 3. The van der Waals surface area contributed by atoms with Crippen LogP contribution in [0.5, 0.6) is 11.5 Å². The number of carbonyl (C=O) groups is 2. The molecule has 2 amide bonds. The molecule has 0 radical (unpaired) electrons. The first-order chi connectivity index (χ1) is 13.7. The minimum absolute atomic E-state index is 0.148. The van der Waals surface area contributed by atoms with Gasteiger partial charge in [0, 0.05) is 29.9 Å². The van der Waals surface area contributed by atoms with Crippen molar-refractivity contribution in [1.82, 2.24) is 0 Å². The molecule has 0 aliphatic carbocycles. The summed E-state index contributed by atoms with van der Waals surface area (Å²) in [7, 11) is 0. The lowest BCUT2D eigenvalue weighted by molar-refractivity contribution is -0.117. The molecule has 3 aromatic rings. The number of rotatable bonds is 5. The van der Waals surface area contributed by atoms with Crippen molar-refractivity contribution >= 4 is 23.2 Å². The number of amides is 2. The SMILES string of the molecule is O=C(Nc1ccc(N2CCCC2=O)cc1)c1ccc(Oc2ccccc2)cc1. The first-order valence-corrected chi connectivity index (χ1v) is 9.24. The van der Waals surface area contributed by atoms with Crippen molar-refractivity contribution in [1.29, 1.82) is 0 Å². The predicted molar refractivity (Wildman–Crippen MR) is 109 cm³/mol. The molecule has 1 heterocycles. The van der Waals surface area contributed by atoms with E-state index in [1.807, 2.05) is 54.6 Å². The highest BCUT2D eigenvalue weighted by molar-refractivity contribution is 6.04. The summed E-state index contributed by atoms with van der Waals surface area (Å²) >= 11 is 0. The quantitative estimate of drug-likeness (QED) is 0.696. The average Bonchev–Trinajstić information content (AvgIpc) is 3.16. The Bertz CT molecular complexity index is 967. The van der Waals surface area contributed by atoms with Crippen molar-refractivity contribution in [3.8, 4) is 11.5 Å². The van der Waals surface area contributed by atoms with Crippen molar-refractivity contribution in [3.05, 3.63) is 84.4 Å². The maximum Gasteiger partial charge on any atom is 0.255 e. The van der Waals surface area contributed by atoms with E-state index >= 15 is 0 Å². The van der Waals surface area contributed by atoms with Crippen LogP contribution in [0.25, 0.3) is 0 Å². The lowest BCUT2D eigenvalue weighted by Crippen LogP contribution is -2.23. The third-order valence-corrected chi connectivity index (χ3v) is 4.61. The van der Waals surface area contributed by atoms with Crippen LogP contribution in [0.15, 0.2) is 78.9 Å². The molecule has 0 saturated carbocycles. The van der Waals surface area contributed by atoms with Crippen LogP contribution in [0.2, 0.25) is 0 Å². The molecule has 1 saturated heterocycles. The number of hydrogen-bond donors (Lipinski definition) is 1. The predicted octanol–water partition coefficient (Wildman–Crippen LogP) is 4.86. The fourth-order valence-electron chi connectivity index (χ4n) is 3.15. The van der Waals surface area contributed by atoms with Gasteiger partial charge in [0.2, 0.25) is 5.91 Å². The molecule has 28 heavy (non-hydrogen) atoms. The third-order valence-electron chi connectivity index (χ3n) is 4.61. The molecular formula is C23H20N2O3. The molecule has 0 aromatic heterocycles. The molecule has 3 aromatic carbocycles. The fourth-order valence-corrected chi connectivity index (χ4v) is 3.15. The van der Waals surface area contributed by atoms with Crippen LogP contribution in [-0.4, -0.2) is 18.4 Å². The maximum atomic E-state index is 12.5. The molecule has 140 valence electrons. The van der Waals surface area contributed by atoms with E-state index in [2.05, 4.69) is 5.32 Å². The van der Waals surface area contributed by atoms with Crippen molar-refractivity contribution < 1.29 is 14.3 Å². The number of hydrogen-bond acceptors (Lipinski definition) is 3. The Morgan fingerprint density at radius 2 is 1.54 bits per heavy atom. The highest BCUT2D eigenvalue weighted by atomic mass is 16.5. The largest absolute Gasteiger partial charge is 0.457 e. The van der Waals surface area contributed by atoms with E-state index in [0.29, 0.717) is 23.4 Å². The number of para-hydroxylation sites is 1. The first-order valence-electron chi connectivity index (χ1n) is 9.24. The summed E-state index contributed by atoms with van der Waals surface area (Å²) < 4.78 is 5.74. The molecule has 0 bridgehead atoms. The van der Waals surface area contributed by atoms with Gasteiger partial charge in [-0.3, -0.25) is 9.59 Å². The average molecular weight is 372 g/mol. The zero-order chi connectivity index (χ0) is 19.3. The molecule has 0 atom stereocenters. The van der Waals surface area contributed by atoms with Gasteiger partial charge in [-0.05, 0) is 67.1 Å². The minimum Gasteiger partial charge on any atom is -0.457 e. The van der Waals surface area contributed by atoms with Crippen molar-refractivity contribution in [3.63, 3.8) is 0 Å². The van der Waals surface area contributed by atoms with E-state index in [-0.39, 0.29) is 11.8 Å². The standard InChI is InChI=1S/C23H20N2O3/c26-22-7-4-16-25(22)19-12-10-18(11-13-19)24-23(27)17-8-14-21(15-9-17)28-20-5-2-1-3-6-20/h1-3,5-6,8-15H,4,7,16H2,(H,24,27). The van der Waals surface area contributed by atoms with Crippen LogP contribution in [0.4, 0.5) is 11.4 Å². The van der Waals surface area contributed by atoms with Gasteiger partial charge >= 0.3 is 0 Å². The summed E-state index contributed by atoms with van der Waals surface area (Å²) in [4.78, 5) is 26.0. The summed E-state index contributed by atoms with van der Waals surface area (Å²) in [6.07, 6.45) is 1.49. The van der Waals surface area contributed by atoms with E-state index in [1.165, 1.54) is 0 Å². The topological polar surface area (TPSA) is 58.6 Å². The number of ether oxygens (including phenoxy) is 1. The van der Waals surface area contributed by atoms with Gasteiger partial charge in [-0.2, -0.15) is 0 Å². The van der Waals surface area contributed by atoms with Crippen molar-refractivity contribution in [2.75, 3.05) is 16.8 Å². The van der Waals surface area contributed by atoms with Gasteiger partial charge < -0.3 is 15.0 Å². The van der Waals surface area contributed by atoms with Crippen LogP contribution in [0.3, 0.4) is 0 Å². The lowest BCUT2D eigenvalue weighted by Gasteiger charge is -2.16. The van der Waals surface area contributed by atoms with Crippen LogP contribution >= 0.6 is 0 Å². The van der Waals surface area contributed by atoms with E-state index in [9.17, 15) is 9.59 Å². The molecular weight excluding hydrogens is 352 g/mol. The lowest BCUT2D eigenvalue weighted by atomic mass is 10.2. The third kappa shape index (κ3) is 4.04. The minimum atomic E-state index is -0.198. The Kier molecular flexibility index (Phi) is 5.06. The molecule has 0 spiro atoms. The molecule has 1 aliphatic heterocycles. The van der Waals surface area contributed by atoms with Crippen LogP contribution in [-0.2, 0) is 4.79 Å². The van der Waals surface area contributed by atoms with Crippen LogP contribution in [0.1, 0.15) is 23.2 Å². The number of anilines is 2. The monoisotopic (exact) mass is 372 g/mol. The van der Waals surface area contributed by atoms with Gasteiger partial charge in [-0.25, -0.2) is 0 Å². The Balaban J connectivity index is 1.38. The van der Waals surface area contributed by atoms with Gasteiger partial charge in [0.1, 0.15) is 11.5 Å². The smallest absolute Gasteiger partial charge is 0.255 e. The maximum absolute atomic E-state index is 12.5. The Hall–Kier alpha value is -3.60. The molecule has 5 heteroatoms. The highest BCUT2D eigenvalue weighted by Gasteiger charge is 2.21. The van der Waals surface area contributed by atoms with Gasteiger partial charge in [0.25, 0.3) is 5.91 Å². The number of nitrogens with one attached hydrogen (secondary N) is 1. The van der Waals surface area contributed by atoms with Crippen LogP contribution < -0.4 is 15.0 Å². The Labute approximate surface area is 163 Å². The normalized spacial score (nSPS) is 13.4. The van der Waals surface area contributed by atoms with E-state index < -0.39 is 0 Å². The Morgan fingerprint density at radius 3 is 2.18 bits per heavy atom. The van der Waals surface area contributed by atoms with Crippen molar-refractivity contribution in [2.24, 2.45) is 0 Å². The number of carbonyl (C=O) groups excluding carboxylic acids is 2. The van der Waals surface area contributed by atoms with Gasteiger partial charge in [-0.15, -0.1) is 0 Å². The summed E-state index contributed by atoms with van der Waals surface area (Å²) in [5, 5.41) is 2.87. The molecule has 1 fully saturated rings. The summed E-state index contributed by atoms with van der Waals surface area (Å²) in [6, 6.07) is 23.8. The molecule has 5 nitrogen and oxygen atoms in total. The number of nitrogens with zero attached hydrogens (tertiary/aromatic N) is 1. The van der Waals surface area contributed by atoms with E-state index in [1.54, 1.807) is 29.2 Å². The highest BCUT2D eigenvalue weighted by Crippen LogP contribution is 2.24. The molecule has 1 N–H and O–H groups in total. The summed E-state index contributed by atoms with van der Waals surface area (Å²) in [6.45, 7) is 0.752. The van der Waals surface area contributed by atoms with Crippen molar-refractivity contribution in [2.45, 2.75) is 12.8 Å². The second kappa shape index (κ2) is 7.96. The van der Waals surface area contributed by atoms with Gasteiger partial charge in [-0.1, -0.05) is 18.2 Å². The fraction of sp³-hybridized carbons (Fsp3) is 0.130. The second-order valence-corrected chi connectivity index (χ2v) is 6.59. The summed E-state index contributed by atoms with van der Waals surface area (Å²) in [5.41, 5.74) is 2.09. The zero-order valence-electron chi connectivity index (χ0n) is 15.3. The molecule has 1 aliphatic rings. The van der Waals surface area contributed by atoms with Crippen LogP contribution in [0, 0.1) is 0 Å². The molecule has 4 rings (SSSR count). The van der Waals surface area contributed by atoms with Gasteiger partial charge in [0.05, 0.1) is 0 Å². The van der Waals surface area contributed by atoms with Gasteiger partial charge in [0.15, 0.2) is 0 Å². The van der Waals surface area contributed by atoms with E-state index in [4.69, 9.17) is 4.74 Å². The zero-order valence-corrected chi connectivity index (χ0v) is 15.3. The van der Waals surface area contributed by atoms with E-state index in [0.717, 1.165) is 24.4 Å². The summed E-state index contributed by atoms with van der Waals surface area (Å²) in [5.74, 6) is 1.37.